The Hall–Kier alpha value is -2.69. The summed E-state index contributed by atoms with van der Waals surface area (Å²) in [5.41, 5.74) is 5.10. The SMILES string of the molecule is Cc1ccccc1NCC(=O)N/N=C/c1ccc(F)cc1. The summed E-state index contributed by atoms with van der Waals surface area (Å²) < 4.78 is 12.7. The van der Waals surface area contributed by atoms with E-state index >= 15 is 0 Å². The van der Waals surface area contributed by atoms with Gasteiger partial charge in [0.25, 0.3) is 5.91 Å². The number of hydrogen-bond donors (Lipinski definition) is 2. The number of halogens is 1. The van der Waals surface area contributed by atoms with Gasteiger partial charge in [-0.3, -0.25) is 4.79 Å². The van der Waals surface area contributed by atoms with Crippen LogP contribution in [-0.4, -0.2) is 18.7 Å². The lowest BCUT2D eigenvalue weighted by Crippen LogP contribution is -2.26. The third kappa shape index (κ3) is 4.72. The van der Waals surface area contributed by atoms with Gasteiger partial charge in [-0.25, -0.2) is 9.82 Å². The summed E-state index contributed by atoms with van der Waals surface area (Å²) in [6.07, 6.45) is 1.46. The van der Waals surface area contributed by atoms with Crippen molar-refractivity contribution in [3.63, 3.8) is 0 Å². The molecule has 2 aromatic rings. The summed E-state index contributed by atoms with van der Waals surface area (Å²) in [5, 5.41) is 6.85. The Kier molecular flexibility index (Phi) is 5.04. The van der Waals surface area contributed by atoms with Crippen LogP contribution in [0.2, 0.25) is 0 Å². The summed E-state index contributed by atoms with van der Waals surface area (Å²) >= 11 is 0. The smallest absolute Gasteiger partial charge is 0.259 e. The molecule has 4 nitrogen and oxygen atoms in total. The van der Waals surface area contributed by atoms with Crippen LogP contribution in [0.3, 0.4) is 0 Å². The number of nitrogens with zero attached hydrogens (tertiary/aromatic N) is 1. The molecule has 0 radical (unpaired) electrons. The van der Waals surface area contributed by atoms with E-state index in [9.17, 15) is 9.18 Å². The van der Waals surface area contributed by atoms with Crippen molar-refractivity contribution in [2.45, 2.75) is 6.92 Å². The van der Waals surface area contributed by atoms with E-state index in [0.717, 1.165) is 11.3 Å². The highest BCUT2D eigenvalue weighted by Crippen LogP contribution is 2.12. The molecule has 0 bridgehead atoms. The minimum Gasteiger partial charge on any atom is -0.376 e. The maximum Gasteiger partial charge on any atom is 0.259 e. The molecule has 108 valence electrons. The number of para-hydroxylation sites is 1. The standard InChI is InChI=1S/C16H16FN3O/c1-12-4-2-3-5-15(12)18-11-16(21)20-19-10-13-6-8-14(17)9-7-13/h2-10,18H,11H2,1H3,(H,20,21)/b19-10+. The van der Waals surface area contributed by atoms with Crippen LogP contribution in [0.15, 0.2) is 53.6 Å². The van der Waals surface area contributed by atoms with Crippen LogP contribution < -0.4 is 10.7 Å². The zero-order chi connectivity index (χ0) is 15.1. The van der Waals surface area contributed by atoms with Crippen molar-refractivity contribution in [3.8, 4) is 0 Å². The highest BCUT2D eigenvalue weighted by molar-refractivity contribution is 5.84. The predicted octanol–water partition coefficient (Wildman–Crippen LogP) is 2.70. The summed E-state index contributed by atoms with van der Waals surface area (Å²) in [6.45, 7) is 2.10. The highest BCUT2D eigenvalue weighted by atomic mass is 19.1. The van der Waals surface area contributed by atoms with E-state index in [1.165, 1.54) is 18.3 Å². The van der Waals surface area contributed by atoms with Gasteiger partial charge in [0.1, 0.15) is 5.82 Å². The molecule has 2 aromatic carbocycles. The summed E-state index contributed by atoms with van der Waals surface area (Å²) in [4.78, 5) is 11.6. The van der Waals surface area contributed by atoms with E-state index in [1.54, 1.807) is 12.1 Å². The molecular weight excluding hydrogens is 269 g/mol. The zero-order valence-corrected chi connectivity index (χ0v) is 11.6. The number of aryl methyl sites for hydroxylation is 1. The van der Waals surface area contributed by atoms with Crippen molar-refractivity contribution in [1.82, 2.24) is 5.43 Å². The highest BCUT2D eigenvalue weighted by Gasteiger charge is 2.01. The van der Waals surface area contributed by atoms with Crippen LogP contribution in [0.1, 0.15) is 11.1 Å². The van der Waals surface area contributed by atoms with Gasteiger partial charge in [-0.2, -0.15) is 5.10 Å². The number of hydrazone groups is 1. The van der Waals surface area contributed by atoms with Crippen molar-refractivity contribution in [1.29, 1.82) is 0 Å². The van der Waals surface area contributed by atoms with Gasteiger partial charge in [-0.15, -0.1) is 0 Å². The van der Waals surface area contributed by atoms with Crippen molar-refractivity contribution < 1.29 is 9.18 Å². The van der Waals surface area contributed by atoms with Gasteiger partial charge in [0.05, 0.1) is 12.8 Å². The first kappa shape index (κ1) is 14.7. The topological polar surface area (TPSA) is 53.5 Å². The average Bonchev–Trinajstić information content (AvgIpc) is 2.48. The Morgan fingerprint density at radius 1 is 1.19 bits per heavy atom. The van der Waals surface area contributed by atoms with Crippen LogP contribution in [0.4, 0.5) is 10.1 Å². The Bertz CT molecular complexity index is 638. The normalized spacial score (nSPS) is 10.6. The minimum atomic E-state index is -0.307. The molecule has 2 rings (SSSR count). The molecule has 5 heteroatoms. The van der Waals surface area contributed by atoms with Crippen LogP contribution in [0.25, 0.3) is 0 Å². The number of carbonyl (C=O) groups excluding carboxylic acids is 1. The van der Waals surface area contributed by atoms with Gasteiger partial charge in [-0.1, -0.05) is 30.3 Å². The van der Waals surface area contributed by atoms with Gasteiger partial charge in [0.2, 0.25) is 0 Å². The second-order valence-corrected chi connectivity index (χ2v) is 4.51. The molecule has 0 atom stereocenters. The van der Waals surface area contributed by atoms with E-state index in [-0.39, 0.29) is 18.3 Å². The van der Waals surface area contributed by atoms with E-state index < -0.39 is 0 Å². The molecular formula is C16H16FN3O. The van der Waals surface area contributed by atoms with Crippen molar-refractivity contribution >= 4 is 17.8 Å². The lowest BCUT2D eigenvalue weighted by molar-refractivity contribution is -0.119. The van der Waals surface area contributed by atoms with Gasteiger partial charge < -0.3 is 5.32 Å². The van der Waals surface area contributed by atoms with Crippen LogP contribution >= 0.6 is 0 Å². The number of rotatable bonds is 5. The molecule has 0 aromatic heterocycles. The Balaban J connectivity index is 1.80. The fourth-order valence-corrected chi connectivity index (χ4v) is 1.71. The molecule has 0 spiro atoms. The number of hydrogen-bond acceptors (Lipinski definition) is 3. The second kappa shape index (κ2) is 7.19. The molecule has 1 amide bonds. The summed E-state index contributed by atoms with van der Waals surface area (Å²) in [7, 11) is 0. The third-order valence-electron chi connectivity index (χ3n) is 2.86. The fraction of sp³-hybridized carbons (Fsp3) is 0.125. The monoisotopic (exact) mass is 285 g/mol. The van der Waals surface area contributed by atoms with Gasteiger partial charge >= 0.3 is 0 Å². The van der Waals surface area contributed by atoms with E-state index in [1.807, 2.05) is 31.2 Å². The first-order valence-corrected chi connectivity index (χ1v) is 6.52. The van der Waals surface area contributed by atoms with Gasteiger partial charge in [0.15, 0.2) is 0 Å². The summed E-state index contributed by atoms with van der Waals surface area (Å²) in [6, 6.07) is 13.5. The minimum absolute atomic E-state index is 0.131. The third-order valence-corrected chi connectivity index (χ3v) is 2.86. The molecule has 0 unspecified atom stereocenters. The molecule has 0 saturated heterocycles. The number of benzene rings is 2. The number of anilines is 1. The zero-order valence-electron chi connectivity index (χ0n) is 11.6. The molecule has 0 aliphatic rings. The van der Waals surface area contributed by atoms with Crippen LogP contribution in [-0.2, 0) is 4.79 Å². The van der Waals surface area contributed by atoms with Crippen LogP contribution in [0.5, 0.6) is 0 Å². The molecule has 21 heavy (non-hydrogen) atoms. The largest absolute Gasteiger partial charge is 0.376 e. The van der Waals surface area contributed by atoms with E-state index in [2.05, 4.69) is 15.8 Å². The van der Waals surface area contributed by atoms with Gasteiger partial charge in [0, 0.05) is 5.69 Å². The molecule has 0 aliphatic carbocycles. The average molecular weight is 285 g/mol. The lowest BCUT2D eigenvalue weighted by Gasteiger charge is -2.07. The maximum absolute atomic E-state index is 12.7. The van der Waals surface area contributed by atoms with E-state index in [0.29, 0.717) is 5.56 Å². The fourth-order valence-electron chi connectivity index (χ4n) is 1.71. The lowest BCUT2D eigenvalue weighted by atomic mass is 10.2. The first-order chi connectivity index (χ1) is 10.1. The van der Waals surface area contributed by atoms with Crippen LogP contribution in [0, 0.1) is 12.7 Å². The number of nitrogens with one attached hydrogen (secondary N) is 2. The van der Waals surface area contributed by atoms with Crippen molar-refractivity contribution in [2.75, 3.05) is 11.9 Å². The quantitative estimate of drug-likeness (QED) is 0.655. The Morgan fingerprint density at radius 3 is 2.62 bits per heavy atom. The summed E-state index contributed by atoms with van der Waals surface area (Å²) in [5.74, 6) is -0.560. The number of carbonyl (C=O) groups is 1. The van der Waals surface area contributed by atoms with Crippen molar-refractivity contribution in [3.05, 3.63) is 65.5 Å². The Labute approximate surface area is 122 Å². The molecule has 2 N–H and O–H groups in total. The van der Waals surface area contributed by atoms with E-state index in [4.69, 9.17) is 0 Å². The maximum atomic E-state index is 12.7. The first-order valence-electron chi connectivity index (χ1n) is 6.52. The predicted molar refractivity (Wildman–Crippen MR) is 81.8 cm³/mol. The molecule has 0 fully saturated rings. The Morgan fingerprint density at radius 2 is 1.90 bits per heavy atom. The molecule has 0 heterocycles. The molecule has 0 aliphatic heterocycles. The van der Waals surface area contributed by atoms with Gasteiger partial charge in [-0.05, 0) is 36.2 Å². The van der Waals surface area contributed by atoms with Crippen molar-refractivity contribution in [2.24, 2.45) is 5.10 Å². The second-order valence-electron chi connectivity index (χ2n) is 4.51. The molecule has 0 saturated carbocycles. The number of amides is 1.